The van der Waals surface area contributed by atoms with Gasteiger partial charge >= 0.3 is 0 Å². The normalized spacial score (nSPS) is 12.9. The second-order valence-corrected chi connectivity index (χ2v) is 9.88. The SMILES string of the molecule is C=Cn1cnc(C(O[SiH](c2ccccc2)c2ccccc2)C(C)(C)C)c1. The highest BCUT2D eigenvalue weighted by atomic mass is 28.3. The Bertz CT molecular complexity index is 798. The van der Waals surface area contributed by atoms with Gasteiger partial charge in [-0.15, -0.1) is 0 Å². The zero-order valence-electron chi connectivity index (χ0n) is 15.7. The maximum absolute atomic E-state index is 6.86. The van der Waals surface area contributed by atoms with Crippen LogP contribution < -0.4 is 10.4 Å². The van der Waals surface area contributed by atoms with E-state index in [1.807, 2.05) is 22.9 Å². The molecule has 0 aliphatic heterocycles. The van der Waals surface area contributed by atoms with Gasteiger partial charge in [-0.25, -0.2) is 4.98 Å². The summed E-state index contributed by atoms with van der Waals surface area (Å²) >= 11 is 0. The number of imidazole rings is 1. The molecule has 0 spiro atoms. The predicted octanol–water partition coefficient (Wildman–Crippen LogP) is 3.63. The highest BCUT2D eigenvalue weighted by Gasteiger charge is 2.33. The van der Waals surface area contributed by atoms with Crippen molar-refractivity contribution >= 4 is 25.6 Å². The zero-order valence-corrected chi connectivity index (χ0v) is 16.8. The Hall–Kier alpha value is -2.43. The van der Waals surface area contributed by atoms with Gasteiger partial charge in [0.2, 0.25) is 9.04 Å². The summed E-state index contributed by atoms with van der Waals surface area (Å²) in [6.45, 7) is 10.4. The Morgan fingerprint density at radius 1 is 1.00 bits per heavy atom. The average Bonchev–Trinajstić information content (AvgIpc) is 3.11. The summed E-state index contributed by atoms with van der Waals surface area (Å²) in [7, 11) is -1.85. The third-order valence-electron chi connectivity index (χ3n) is 4.36. The van der Waals surface area contributed by atoms with Crippen LogP contribution in [0.5, 0.6) is 0 Å². The molecular weight excluding hydrogens is 336 g/mol. The summed E-state index contributed by atoms with van der Waals surface area (Å²) < 4.78 is 8.73. The van der Waals surface area contributed by atoms with E-state index in [0.717, 1.165) is 5.69 Å². The van der Waals surface area contributed by atoms with Gasteiger partial charge < -0.3 is 8.99 Å². The van der Waals surface area contributed by atoms with Crippen LogP contribution in [0.4, 0.5) is 0 Å². The van der Waals surface area contributed by atoms with Crippen LogP contribution in [0, 0.1) is 5.41 Å². The van der Waals surface area contributed by atoms with Crippen molar-refractivity contribution in [3.05, 3.63) is 85.5 Å². The van der Waals surface area contributed by atoms with E-state index in [4.69, 9.17) is 4.43 Å². The molecule has 2 aromatic carbocycles. The Labute approximate surface area is 157 Å². The van der Waals surface area contributed by atoms with Crippen molar-refractivity contribution in [3.63, 3.8) is 0 Å². The largest absolute Gasteiger partial charge is 0.402 e. The van der Waals surface area contributed by atoms with Gasteiger partial charge in [0, 0.05) is 12.4 Å². The zero-order chi connectivity index (χ0) is 18.6. The van der Waals surface area contributed by atoms with E-state index in [0.29, 0.717) is 0 Å². The van der Waals surface area contributed by atoms with Crippen molar-refractivity contribution < 1.29 is 4.43 Å². The Morgan fingerprint density at radius 3 is 1.96 bits per heavy atom. The second kappa shape index (κ2) is 7.85. The number of nitrogens with zero attached hydrogens (tertiary/aromatic N) is 2. The molecule has 26 heavy (non-hydrogen) atoms. The predicted molar refractivity (Wildman–Crippen MR) is 111 cm³/mol. The molecule has 1 atom stereocenters. The number of aromatic nitrogens is 2. The summed E-state index contributed by atoms with van der Waals surface area (Å²) in [5.41, 5.74) is 0.872. The third-order valence-corrected chi connectivity index (χ3v) is 6.89. The van der Waals surface area contributed by atoms with Gasteiger partial charge in [0.1, 0.15) is 0 Å². The van der Waals surface area contributed by atoms with Gasteiger partial charge in [-0.05, 0) is 15.8 Å². The molecule has 4 heteroatoms. The van der Waals surface area contributed by atoms with Crippen LogP contribution in [0.15, 0.2) is 79.8 Å². The van der Waals surface area contributed by atoms with Gasteiger partial charge in [-0.1, -0.05) is 88.0 Å². The smallest absolute Gasteiger partial charge is 0.240 e. The van der Waals surface area contributed by atoms with Crippen molar-refractivity contribution in [2.75, 3.05) is 0 Å². The van der Waals surface area contributed by atoms with Crippen molar-refractivity contribution in [3.8, 4) is 0 Å². The van der Waals surface area contributed by atoms with Crippen molar-refractivity contribution in [1.82, 2.24) is 9.55 Å². The lowest BCUT2D eigenvalue weighted by Crippen LogP contribution is -2.47. The minimum absolute atomic E-state index is 0.0742. The van der Waals surface area contributed by atoms with E-state index in [1.54, 1.807) is 12.5 Å². The van der Waals surface area contributed by atoms with Gasteiger partial charge in [0.05, 0.1) is 18.1 Å². The molecule has 0 aliphatic carbocycles. The summed E-state index contributed by atoms with van der Waals surface area (Å²) in [6.07, 6.45) is 5.44. The van der Waals surface area contributed by atoms with Gasteiger partial charge in [0.25, 0.3) is 0 Å². The highest BCUT2D eigenvalue weighted by molar-refractivity contribution is 6.80. The lowest BCUT2D eigenvalue weighted by atomic mass is 9.87. The molecule has 0 saturated heterocycles. The van der Waals surface area contributed by atoms with E-state index in [-0.39, 0.29) is 11.5 Å². The summed E-state index contributed by atoms with van der Waals surface area (Å²) in [6, 6.07) is 21.1. The number of hydrogen-bond acceptors (Lipinski definition) is 2. The van der Waals surface area contributed by atoms with Crippen LogP contribution in [0.25, 0.3) is 6.20 Å². The highest BCUT2D eigenvalue weighted by Crippen LogP contribution is 2.35. The molecule has 134 valence electrons. The fourth-order valence-corrected chi connectivity index (χ4v) is 5.71. The molecule has 0 fully saturated rings. The molecule has 3 nitrogen and oxygen atoms in total. The average molecular weight is 363 g/mol. The lowest BCUT2D eigenvalue weighted by molar-refractivity contribution is 0.0861. The molecule has 3 aromatic rings. The molecular formula is C22H26N2OSi. The van der Waals surface area contributed by atoms with Crippen LogP contribution in [-0.4, -0.2) is 18.6 Å². The number of benzene rings is 2. The van der Waals surface area contributed by atoms with Crippen molar-refractivity contribution in [1.29, 1.82) is 0 Å². The molecule has 0 aliphatic rings. The minimum atomic E-state index is -1.85. The first-order valence-corrected chi connectivity index (χ1v) is 10.5. The van der Waals surface area contributed by atoms with Gasteiger partial charge in [-0.2, -0.15) is 0 Å². The number of rotatable bonds is 6. The Balaban J connectivity index is 2.01. The lowest BCUT2D eigenvalue weighted by Gasteiger charge is -2.33. The van der Waals surface area contributed by atoms with Crippen LogP contribution >= 0.6 is 0 Å². The Morgan fingerprint density at radius 2 is 1.54 bits per heavy atom. The van der Waals surface area contributed by atoms with E-state index < -0.39 is 9.04 Å². The maximum atomic E-state index is 6.86. The minimum Gasteiger partial charge on any atom is -0.402 e. The molecule has 1 heterocycles. The third kappa shape index (κ3) is 4.21. The first-order chi connectivity index (χ1) is 12.5. The summed E-state index contributed by atoms with van der Waals surface area (Å²) in [5.74, 6) is 0. The van der Waals surface area contributed by atoms with E-state index in [1.165, 1.54) is 10.4 Å². The number of hydrogen-bond donors (Lipinski definition) is 0. The molecule has 1 unspecified atom stereocenters. The molecule has 1 aromatic heterocycles. The van der Waals surface area contributed by atoms with Crippen LogP contribution in [0.2, 0.25) is 0 Å². The first-order valence-electron chi connectivity index (χ1n) is 8.90. The van der Waals surface area contributed by atoms with Gasteiger partial charge in [0.15, 0.2) is 0 Å². The van der Waals surface area contributed by atoms with Crippen molar-refractivity contribution in [2.45, 2.75) is 26.9 Å². The fraction of sp³-hybridized carbons (Fsp3) is 0.227. The van der Waals surface area contributed by atoms with Gasteiger partial charge in [-0.3, -0.25) is 0 Å². The fourth-order valence-electron chi connectivity index (χ4n) is 3.05. The van der Waals surface area contributed by atoms with E-state index >= 15 is 0 Å². The van der Waals surface area contributed by atoms with E-state index in [2.05, 4.69) is 80.9 Å². The maximum Gasteiger partial charge on any atom is 0.240 e. The van der Waals surface area contributed by atoms with E-state index in [9.17, 15) is 0 Å². The second-order valence-electron chi connectivity index (χ2n) is 7.51. The quantitative estimate of drug-likeness (QED) is 0.626. The molecule has 0 N–H and O–H groups in total. The molecule has 0 radical (unpaired) electrons. The molecule has 3 rings (SSSR count). The van der Waals surface area contributed by atoms with Crippen LogP contribution in [-0.2, 0) is 4.43 Å². The standard InChI is InChI=1S/C22H26N2OSi/c1-5-24-16-20(23-17-24)21(22(2,3)4)25-26(18-12-8-6-9-13-18)19-14-10-7-11-15-19/h5-17,21,26H,1H2,2-4H3. The monoisotopic (exact) mass is 362 g/mol. The topological polar surface area (TPSA) is 27.1 Å². The molecule has 0 amide bonds. The summed E-state index contributed by atoms with van der Waals surface area (Å²) in [4.78, 5) is 4.58. The first kappa shape index (κ1) is 18.4. The molecule has 0 bridgehead atoms. The van der Waals surface area contributed by atoms with Crippen molar-refractivity contribution in [2.24, 2.45) is 5.41 Å². The molecule has 0 saturated carbocycles. The van der Waals surface area contributed by atoms with Crippen LogP contribution in [0.3, 0.4) is 0 Å². The van der Waals surface area contributed by atoms with Crippen LogP contribution in [0.1, 0.15) is 32.6 Å². The Kier molecular flexibility index (Phi) is 5.54. The summed E-state index contributed by atoms with van der Waals surface area (Å²) in [5, 5.41) is 2.55.